The second-order valence-electron chi connectivity index (χ2n) is 8.18. The van der Waals surface area contributed by atoms with E-state index in [9.17, 15) is 4.79 Å². The number of pyridine rings is 1. The maximum Gasteiger partial charge on any atom is 0.224 e. The van der Waals surface area contributed by atoms with Crippen LogP contribution in [0.2, 0.25) is 0 Å². The summed E-state index contributed by atoms with van der Waals surface area (Å²) in [6.07, 6.45) is 6.06. The van der Waals surface area contributed by atoms with Crippen LogP contribution in [0.1, 0.15) is 35.8 Å². The standard InChI is InChI=1S/C24H26N6OS/c1-17-15-25-24(32-17)28-22-8-4-6-20(27-22)18-9-12-29(13-10-18)23(31)11-14-30-21-7-3-2-5-19(21)16-26-30/h2-8,15-16,18H,9-14H2,1H3,(H,25,27,28). The fourth-order valence-electron chi connectivity index (χ4n) is 4.26. The first-order chi connectivity index (χ1) is 15.7. The third kappa shape index (κ3) is 4.50. The van der Waals surface area contributed by atoms with E-state index in [0.29, 0.717) is 18.9 Å². The van der Waals surface area contributed by atoms with Gasteiger partial charge in [-0.15, -0.1) is 11.3 Å². The molecule has 5 rings (SSSR count). The molecular weight excluding hydrogens is 420 g/mol. The quantitative estimate of drug-likeness (QED) is 0.463. The largest absolute Gasteiger partial charge is 0.343 e. The van der Waals surface area contributed by atoms with Gasteiger partial charge in [0.05, 0.1) is 18.3 Å². The van der Waals surface area contributed by atoms with Gasteiger partial charge in [0.1, 0.15) is 5.82 Å². The zero-order valence-corrected chi connectivity index (χ0v) is 18.9. The second-order valence-corrected chi connectivity index (χ2v) is 9.42. The summed E-state index contributed by atoms with van der Waals surface area (Å²) >= 11 is 1.62. The van der Waals surface area contributed by atoms with Crippen LogP contribution >= 0.6 is 11.3 Å². The number of fused-ring (bicyclic) bond motifs is 1. The summed E-state index contributed by atoms with van der Waals surface area (Å²) in [6.45, 7) is 4.19. The van der Waals surface area contributed by atoms with Gasteiger partial charge in [0, 0.05) is 47.6 Å². The molecule has 1 aromatic carbocycles. The zero-order chi connectivity index (χ0) is 21.9. The molecule has 0 unspecified atom stereocenters. The minimum absolute atomic E-state index is 0.200. The number of aromatic nitrogens is 4. The number of aryl methyl sites for hydroxylation is 2. The Morgan fingerprint density at radius 1 is 1.12 bits per heavy atom. The Hall–Kier alpha value is -3.26. The number of likely N-dealkylation sites (tertiary alicyclic amines) is 1. The average molecular weight is 447 g/mol. The van der Waals surface area contributed by atoms with Gasteiger partial charge in [-0.2, -0.15) is 5.10 Å². The fourth-order valence-corrected chi connectivity index (χ4v) is 4.93. The van der Waals surface area contributed by atoms with Crippen LogP contribution in [0.5, 0.6) is 0 Å². The van der Waals surface area contributed by atoms with Crippen molar-refractivity contribution in [2.75, 3.05) is 18.4 Å². The van der Waals surface area contributed by atoms with E-state index in [1.807, 2.05) is 65.3 Å². The Morgan fingerprint density at radius 3 is 2.78 bits per heavy atom. The van der Waals surface area contributed by atoms with Gasteiger partial charge < -0.3 is 10.2 Å². The molecule has 0 aliphatic carbocycles. The number of carbonyl (C=O) groups excluding carboxylic acids is 1. The van der Waals surface area contributed by atoms with Crippen molar-refractivity contribution in [3.63, 3.8) is 0 Å². The number of hydrogen-bond donors (Lipinski definition) is 1. The molecule has 1 aliphatic heterocycles. The van der Waals surface area contributed by atoms with Crippen LogP contribution in [0.4, 0.5) is 10.9 Å². The first-order valence-corrected chi connectivity index (χ1v) is 11.8. The number of para-hydroxylation sites is 1. The highest BCUT2D eigenvalue weighted by molar-refractivity contribution is 7.15. The highest BCUT2D eigenvalue weighted by atomic mass is 32.1. The number of rotatable bonds is 6. The molecule has 0 radical (unpaired) electrons. The molecule has 0 saturated carbocycles. The normalized spacial score (nSPS) is 14.7. The van der Waals surface area contributed by atoms with Crippen LogP contribution in [0, 0.1) is 6.92 Å². The Balaban J connectivity index is 1.15. The third-order valence-corrected chi connectivity index (χ3v) is 6.81. The van der Waals surface area contributed by atoms with Crippen molar-refractivity contribution in [1.82, 2.24) is 24.6 Å². The monoisotopic (exact) mass is 446 g/mol. The number of benzene rings is 1. The first kappa shape index (κ1) is 20.6. The van der Waals surface area contributed by atoms with Gasteiger partial charge in [0.25, 0.3) is 0 Å². The van der Waals surface area contributed by atoms with Crippen LogP contribution in [0.3, 0.4) is 0 Å². The highest BCUT2D eigenvalue weighted by Crippen LogP contribution is 2.29. The lowest BCUT2D eigenvalue weighted by Gasteiger charge is -2.32. The molecular formula is C24H26N6OS. The maximum absolute atomic E-state index is 12.8. The molecule has 3 aromatic heterocycles. The van der Waals surface area contributed by atoms with Gasteiger partial charge >= 0.3 is 0 Å². The lowest BCUT2D eigenvalue weighted by atomic mass is 9.93. The van der Waals surface area contributed by atoms with Gasteiger partial charge in [-0.05, 0) is 38.0 Å². The van der Waals surface area contributed by atoms with Crippen molar-refractivity contribution >= 4 is 39.1 Å². The van der Waals surface area contributed by atoms with Gasteiger partial charge in [0.2, 0.25) is 5.91 Å². The molecule has 0 bridgehead atoms. The predicted molar refractivity (Wildman–Crippen MR) is 127 cm³/mol. The van der Waals surface area contributed by atoms with Crippen LogP contribution in [-0.2, 0) is 11.3 Å². The predicted octanol–water partition coefficient (Wildman–Crippen LogP) is 4.74. The summed E-state index contributed by atoms with van der Waals surface area (Å²) in [5.74, 6) is 1.39. The van der Waals surface area contributed by atoms with Crippen LogP contribution in [0.15, 0.2) is 54.9 Å². The Labute approximate surface area is 191 Å². The lowest BCUT2D eigenvalue weighted by molar-refractivity contribution is -0.132. The number of piperidine rings is 1. The van der Waals surface area contributed by atoms with E-state index in [-0.39, 0.29) is 5.91 Å². The average Bonchev–Trinajstić information content (AvgIpc) is 3.43. The lowest BCUT2D eigenvalue weighted by Crippen LogP contribution is -2.38. The summed E-state index contributed by atoms with van der Waals surface area (Å²) in [7, 11) is 0. The molecule has 8 heteroatoms. The van der Waals surface area contributed by atoms with Crippen molar-refractivity contribution in [1.29, 1.82) is 0 Å². The molecule has 1 N–H and O–H groups in total. The molecule has 7 nitrogen and oxygen atoms in total. The zero-order valence-electron chi connectivity index (χ0n) is 18.1. The molecule has 4 heterocycles. The summed E-state index contributed by atoms with van der Waals surface area (Å²) in [6, 6.07) is 14.2. The number of anilines is 2. The molecule has 0 spiro atoms. The molecule has 0 atom stereocenters. The van der Waals surface area contributed by atoms with Crippen molar-refractivity contribution in [2.45, 2.75) is 38.6 Å². The van der Waals surface area contributed by atoms with E-state index in [4.69, 9.17) is 4.98 Å². The Kier molecular flexibility index (Phi) is 5.85. The van der Waals surface area contributed by atoms with Gasteiger partial charge in [0.15, 0.2) is 5.13 Å². The molecule has 164 valence electrons. The van der Waals surface area contributed by atoms with E-state index in [1.54, 1.807) is 11.3 Å². The smallest absolute Gasteiger partial charge is 0.224 e. The number of thiazole rings is 1. The highest BCUT2D eigenvalue weighted by Gasteiger charge is 2.24. The fraction of sp³-hybridized carbons (Fsp3) is 0.333. The SMILES string of the molecule is Cc1cnc(Nc2cccc(C3CCN(C(=O)CCn4ncc5ccccc54)CC3)n2)s1. The molecule has 1 aliphatic rings. The number of nitrogens with one attached hydrogen (secondary N) is 1. The van der Waals surface area contributed by atoms with Crippen molar-refractivity contribution in [2.24, 2.45) is 0 Å². The van der Waals surface area contributed by atoms with Crippen LogP contribution in [0.25, 0.3) is 10.9 Å². The molecule has 32 heavy (non-hydrogen) atoms. The molecule has 1 fully saturated rings. The van der Waals surface area contributed by atoms with Crippen molar-refractivity contribution in [3.05, 3.63) is 65.4 Å². The Morgan fingerprint density at radius 2 is 1.97 bits per heavy atom. The molecule has 1 saturated heterocycles. The summed E-state index contributed by atoms with van der Waals surface area (Å²) < 4.78 is 1.92. The number of nitrogens with zero attached hydrogens (tertiary/aromatic N) is 5. The van der Waals surface area contributed by atoms with E-state index in [0.717, 1.165) is 53.5 Å². The van der Waals surface area contributed by atoms with E-state index >= 15 is 0 Å². The minimum Gasteiger partial charge on any atom is -0.343 e. The number of hydrogen-bond acceptors (Lipinski definition) is 6. The summed E-state index contributed by atoms with van der Waals surface area (Å²) in [5.41, 5.74) is 2.16. The topological polar surface area (TPSA) is 75.9 Å². The van der Waals surface area contributed by atoms with Gasteiger partial charge in [-0.3, -0.25) is 9.48 Å². The van der Waals surface area contributed by atoms with Crippen molar-refractivity contribution in [3.8, 4) is 0 Å². The number of carbonyl (C=O) groups is 1. The number of amides is 1. The van der Waals surface area contributed by atoms with Crippen molar-refractivity contribution < 1.29 is 4.79 Å². The maximum atomic E-state index is 12.8. The summed E-state index contributed by atoms with van der Waals surface area (Å²) in [4.78, 5) is 25.1. The van der Waals surface area contributed by atoms with E-state index in [2.05, 4.69) is 21.5 Å². The minimum atomic E-state index is 0.200. The van der Waals surface area contributed by atoms with Crippen LogP contribution < -0.4 is 5.32 Å². The first-order valence-electron chi connectivity index (χ1n) is 11.0. The second kappa shape index (κ2) is 9.08. The van der Waals surface area contributed by atoms with Gasteiger partial charge in [-0.25, -0.2) is 9.97 Å². The van der Waals surface area contributed by atoms with Gasteiger partial charge in [-0.1, -0.05) is 24.3 Å². The molecule has 1 amide bonds. The molecule has 4 aromatic rings. The Bertz CT molecular complexity index is 1220. The van der Waals surface area contributed by atoms with Crippen LogP contribution in [-0.4, -0.2) is 43.6 Å². The summed E-state index contributed by atoms with van der Waals surface area (Å²) in [5, 5.41) is 9.69. The van der Waals surface area contributed by atoms with E-state index in [1.165, 1.54) is 4.88 Å². The third-order valence-electron chi connectivity index (χ3n) is 5.98. The van der Waals surface area contributed by atoms with E-state index < -0.39 is 0 Å².